The van der Waals surface area contributed by atoms with Crippen LogP contribution in [0.15, 0.2) is 12.2 Å². The summed E-state index contributed by atoms with van der Waals surface area (Å²) in [4.78, 5) is 21.7. The van der Waals surface area contributed by atoms with Gasteiger partial charge in [0.25, 0.3) is 0 Å². The smallest absolute Gasteiger partial charge is 0.331 e. The molecular weight excluding hydrogens is 172 g/mol. The van der Waals surface area contributed by atoms with Crippen molar-refractivity contribution in [2.24, 2.45) is 0 Å². The van der Waals surface area contributed by atoms with Crippen molar-refractivity contribution < 1.29 is 19.1 Å². The van der Waals surface area contributed by atoms with E-state index in [2.05, 4.69) is 0 Å². The number of carbonyl (C=O) groups is 2. The van der Waals surface area contributed by atoms with E-state index < -0.39 is 11.9 Å². The van der Waals surface area contributed by atoms with Crippen LogP contribution in [-0.2, 0) is 19.1 Å². The monoisotopic (exact) mass is 184 g/mol. The molecule has 0 amide bonds. The second kappa shape index (κ2) is 5.35. The summed E-state index contributed by atoms with van der Waals surface area (Å²) in [6.07, 6.45) is 4.72. The Morgan fingerprint density at radius 3 is 1.77 bits per heavy atom. The van der Waals surface area contributed by atoms with E-state index in [9.17, 15) is 9.59 Å². The van der Waals surface area contributed by atoms with E-state index in [0.717, 1.165) is 31.4 Å². The van der Waals surface area contributed by atoms with Crippen molar-refractivity contribution in [2.75, 3.05) is 13.2 Å². The molecule has 0 radical (unpaired) electrons. The van der Waals surface area contributed by atoms with Gasteiger partial charge < -0.3 is 9.47 Å². The normalized spacial score (nSPS) is 22.5. The zero-order valence-corrected chi connectivity index (χ0v) is 7.32. The van der Waals surface area contributed by atoms with Crippen LogP contribution in [0, 0.1) is 0 Å². The van der Waals surface area contributed by atoms with Crippen LogP contribution >= 0.6 is 0 Å². The molecule has 1 aliphatic rings. The largest absolute Gasteiger partial charge is 0.463 e. The standard InChI is InChI=1S/C9H12O4/c10-8-4-5-9(11)13-7-3-1-2-6-12-8/h4-5H,1-3,6-7H2/b5-4+. The second-order valence-electron chi connectivity index (χ2n) is 2.73. The zero-order chi connectivity index (χ0) is 9.52. The van der Waals surface area contributed by atoms with Crippen molar-refractivity contribution in [3.05, 3.63) is 12.2 Å². The molecular formula is C9H12O4. The fraction of sp³-hybridized carbons (Fsp3) is 0.556. The molecule has 4 heteroatoms. The van der Waals surface area contributed by atoms with Crippen LogP contribution in [0.2, 0.25) is 0 Å². The fourth-order valence-corrected chi connectivity index (χ4v) is 0.959. The van der Waals surface area contributed by atoms with Gasteiger partial charge in [-0.05, 0) is 19.3 Å². The molecule has 0 aromatic rings. The van der Waals surface area contributed by atoms with Gasteiger partial charge in [-0.3, -0.25) is 0 Å². The third-order valence-electron chi connectivity index (χ3n) is 1.63. The number of cyclic esters (lactones) is 2. The molecule has 0 spiro atoms. The number of hydrogen-bond acceptors (Lipinski definition) is 4. The van der Waals surface area contributed by atoms with Crippen molar-refractivity contribution in [2.45, 2.75) is 19.3 Å². The lowest BCUT2D eigenvalue weighted by atomic mass is 10.2. The van der Waals surface area contributed by atoms with Crippen molar-refractivity contribution in [3.63, 3.8) is 0 Å². The average molecular weight is 184 g/mol. The van der Waals surface area contributed by atoms with Gasteiger partial charge in [0, 0.05) is 12.2 Å². The minimum Gasteiger partial charge on any atom is -0.463 e. The molecule has 0 aromatic carbocycles. The van der Waals surface area contributed by atoms with E-state index in [4.69, 9.17) is 9.47 Å². The second-order valence-corrected chi connectivity index (χ2v) is 2.73. The Morgan fingerprint density at radius 1 is 0.846 bits per heavy atom. The summed E-state index contributed by atoms with van der Waals surface area (Å²) in [7, 11) is 0. The number of hydrogen-bond donors (Lipinski definition) is 0. The van der Waals surface area contributed by atoms with Crippen LogP contribution in [0.5, 0.6) is 0 Å². The Bertz CT molecular complexity index is 198. The summed E-state index contributed by atoms with van der Waals surface area (Å²) in [6.45, 7) is 0.828. The van der Waals surface area contributed by atoms with E-state index >= 15 is 0 Å². The van der Waals surface area contributed by atoms with Crippen molar-refractivity contribution in [1.82, 2.24) is 0 Å². The maximum atomic E-state index is 10.8. The van der Waals surface area contributed by atoms with Gasteiger partial charge in [0.05, 0.1) is 13.2 Å². The van der Waals surface area contributed by atoms with E-state index in [-0.39, 0.29) is 0 Å². The number of rotatable bonds is 0. The minimum atomic E-state index is -0.487. The highest BCUT2D eigenvalue weighted by Crippen LogP contribution is 1.99. The average Bonchev–Trinajstić information content (AvgIpc) is 2.15. The summed E-state index contributed by atoms with van der Waals surface area (Å²) in [6, 6.07) is 0. The van der Waals surface area contributed by atoms with Gasteiger partial charge in [0.15, 0.2) is 0 Å². The molecule has 0 aliphatic carbocycles. The van der Waals surface area contributed by atoms with E-state index in [0.29, 0.717) is 13.2 Å². The molecule has 72 valence electrons. The predicted octanol–water partition coefficient (Wildman–Crippen LogP) is 0.813. The lowest BCUT2D eigenvalue weighted by Crippen LogP contribution is -2.03. The molecule has 0 fully saturated rings. The molecule has 0 N–H and O–H groups in total. The van der Waals surface area contributed by atoms with Gasteiger partial charge in [0.2, 0.25) is 0 Å². The van der Waals surface area contributed by atoms with Crippen molar-refractivity contribution >= 4 is 11.9 Å². The summed E-state index contributed by atoms with van der Waals surface area (Å²) in [5.74, 6) is -0.974. The van der Waals surface area contributed by atoms with Crippen LogP contribution in [-0.4, -0.2) is 25.2 Å². The Labute approximate surface area is 76.5 Å². The third-order valence-corrected chi connectivity index (χ3v) is 1.63. The maximum Gasteiger partial charge on any atom is 0.331 e. The minimum absolute atomic E-state index is 0.414. The summed E-state index contributed by atoms with van der Waals surface area (Å²) in [5, 5.41) is 0. The number of ether oxygens (including phenoxy) is 2. The topological polar surface area (TPSA) is 52.6 Å². The Kier molecular flexibility index (Phi) is 4.02. The molecule has 1 aliphatic heterocycles. The van der Waals surface area contributed by atoms with Crippen LogP contribution in [0.4, 0.5) is 0 Å². The number of carbonyl (C=O) groups excluding carboxylic acids is 2. The zero-order valence-electron chi connectivity index (χ0n) is 7.32. The van der Waals surface area contributed by atoms with Gasteiger partial charge in [-0.2, -0.15) is 0 Å². The Balaban J connectivity index is 2.46. The van der Waals surface area contributed by atoms with E-state index in [1.54, 1.807) is 0 Å². The van der Waals surface area contributed by atoms with Crippen molar-refractivity contribution in [1.29, 1.82) is 0 Å². The molecule has 0 bridgehead atoms. The Morgan fingerprint density at radius 2 is 1.31 bits per heavy atom. The van der Waals surface area contributed by atoms with Crippen molar-refractivity contribution in [3.8, 4) is 0 Å². The SMILES string of the molecule is O=C1/C=C/C(=O)OCCCCCO1. The summed E-state index contributed by atoms with van der Waals surface area (Å²) in [5.41, 5.74) is 0. The van der Waals surface area contributed by atoms with Crippen LogP contribution in [0.25, 0.3) is 0 Å². The van der Waals surface area contributed by atoms with Crippen LogP contribution < -0.4 is 0 Å². The lowest BCUT2D eigenvalue weighted by Gasteiger charge is -2.00. The van der Waals surface area contributed by atoms with Gasteiger partial charge in [-0.25, -0.2) is 9.59 Å². The first-order chi connectivity index (χ1) is 6.29. The molecule has 1 heterocycles. The highest BCUT2D eigenvalue weighted by molar-refractivity contribution is 5.91. The van der Waals surface area contributed by atoms with Crippen LogP contribution in [0.1, 0.15) is 19.3 Å². The maximum absolute atomic E-state index is 10.8. The van der Waals surface area contributed by atoms with Gasteiger partial charge in [-0.1, -0.05) is 0 Å². The fourth-order valence-electron chi connectivity index (χ4n) is 0.959. The van der Waals surface area contributed by atoms with E-state index in [1.165, 1.54) is 0 Å². The third kappa shape index (κ3) is 4.30. The first-order valence-corrected chi connectivity index (χ1v) is 4.30. The highest BCUT2D eigenvalue weighted by Gasteiger charge is 2.03. The van der Waals surface area contributed by atoms with Gasteiger partial charge in [0.1, 0.15) is 0 Å². The molecule has 0 saturated heterocycles. The van der Waals surface area contributed by atoms with E-state index in [1.807, 2.05) is 0 Å². The number of esters is 2. The molecule has 0 unspecified atom stereocenters. The van der Waals surface area contributed by atoms with Gasteiger partial charge >= 0.3 is 11.9 Å². The molecule has 0 aromatic heterocycles. The predicted molar refractivity (Wildman–Crippen MR) is 44.9 cm³/mol. The lowest BCUT2D eigenvalue weighted by molar-refractivity contribution is -0.140. The molecule has 1 rings (SSSR count). The van der Waals surface area contributed by atoms with Crippen LogP contribution in [0.3, 0.4) is 0 Å². The molecule has 0 saturated carbocycles. The van der Waals surface area contributed by atoms with Gasteiger partial charge in [-0.15, -0.1) is 0 Å². The summed E-state index contributed by atoms with van der Waals surface area (Å²) < 4.78 is 9.58. The highest BCUT2D eigenvalue weighted by atomic mass is 16.5. The molecule has 0 atom stereocenters. The first-order valence-electron chi connectivity index (χ1n) is 4.30. The summed E-state index contributed by atoms with van der Waals surface area (Å²) >= 11 is 0. The quantitative estimate of drug-likeness (QED) is 0.523. The first kappa shape index (κ1) is 9.77. The molecule has 4 nitrogen and oxygen atoms in total. The molecule has 13 heavy (non-hydrogen) atoms. The Hall–Kier alpha value is -1.32.